The number of carbonyl (C=O) groups excluding carboxylic acids is 1. The fourth-order valence-corrected chi connectivity index (χ4v) is 4.68. The molecule has 0 spiro atoms. The third kappa shape index (κ3) is 8.47. The van der Waals surface area contributed by atoms with Crippen LogP contribution in [0.15, 0.2) is 36.4 Å². The average molecular weight is 537 g/mol. The molecule has 1 unspecified atom stereocenters. The molecule has 3 rings (SSSR count). The van der Waals surface area contributed by atoms with Crippen LogP contribution in [0.25, 0.3) is 0 Å². The number of ether oxygens (including phenoxy) is 2. The first-order valence-electron chi connectivity index (χ1n) is 13.7. The second-order valence-corrected chi connectivity index (χ2v) is 10.1. The van der Waals surface area contributed by atoms with Crippen molar-refractivity contribution in [3.8, 4) is 11.5 Å². The lowest BCUT2D eigenvalue weighted by atomic mass is 10.0. The zero-order valence-electron chi connectivity index (χ0n) is 25.4. The van der Waals surface area contributed by atoms with Gasteiger partial charge in [-0.1, -0.05) is 49.2 Å². The van der Waals surface area contributed by atoms with Gasteiger partial charge in [-0.3, -0.25) is 4.79 Å². The molecule has 0 aromatic heterocycles. The van der Waals surface area contributed by atoms with Gasteiger partial charge >= 0.3 is 0 Å². The summed E-state index contributed by atoms with van der Waals surface area (Å²) < 4.78 is 26.5. The normalized spacial score (nSPS) is 12.1. The summed E-state index contributed by atoms with van der Waals surface area (Å²) in [4.78, 5) is 12.9. The number of hydrogen-bond acceptors (Lipinski definition) is 4. The minimum atomic E-state index is -0.833. The molecule has 3 aromatic carbocycles. The Bertz CT molecular complexity index is 1260. The minimum absolute atomic E-state index is 0.235. The van der Waals surface area contributed by atoms with Crippen LogP contribution in [0, 0.1) is 54.3 Å². The molecule has 3 aromatic rings. The molecule has 212 valence electrons. The van der Waals surface area contributed by atoms with Gasteiger partial charge in [0.05, 0.1) is 6.54 Å². The second kappa shape index (κ2) is 14.0. The number of carbonyl (C=O) groups is 1. The predicted molar refractivity (Wildman–Crippen MR) is 161 cm³/mol. The first kappa shape index (κ1) is 31.7. The van der Waals surface area contributed by atoms with Gasteiger partial charge in [-0.25, -0.2) is 4.39 Å². The number of anilines is 2. The van der Waals surface area contributed by atoms with Crippen LogP contribution in [0.3, 0.4) is 0 Å². The van der Waals surface area contributed by atoms with Crippen LogP contribution in [0.4, 0.5) is 15.8 Å². The van der Waals surface area contributed by atoms with Gasteiger partial charge < -0.3 is 20.1 Å². The highest BCUT2D eigenvalue weighted by molar-refractivity contribution is 5.95. The molecule has 2 atom stereocenters. The Morgan fingerprint density at radius 3 is 1.67 bits per heavy atom. The standard InChI is InChI=1S/C31H39FN2O3.C2H6/c1-17-10-19(3)29(20(4)11-17)33-16-23(7)36-27-14-26(32)15-28(24(27)8)37-25(9)31(35)34-30-21(5)12-18(2)13-22(30)6;1-2/h10-15,23,25,33H,16H2,1-9H3,(H,34,35);1-2H3/t23?,25-;/m1./s1. The lowest BCUT2D eigenvalue weighted by Gasteiger charge is -2.22. The van der Waals surface area contributed by atoms with Crippen molar-refractivity contribution in [3.63, 3.8) is 0 Å². The number of hydrogen-bond donors (Lipinski definition) is 2. The molecule has 0 radical (unpaired) electrons. The summed E-state index contributed by atoms with van der Waals surface area (Å²) in [6.07, 6.45) is -1.07. The third-order valence-corrected chi connectivity index (χ3v) is 6.45. The lowest BCUT2D eigenvalue weighted by molar-refractivity contribution is -0.122. The summed E-state index contributed by atoms with van der Waals surface area (Å²) in [6.45, 7) is 22.1. The van der Waals surface area contributed by atoms with E-state index in [-0.39, 0.29) is 17.8 Å². The van der Waals surface area contributed by atoms with Gasteiger partial charge in [0, 0.05) is 29.1 Å². The van der Waals surface area contributed by atoms with Crippen LogP contribution in [0.1, 0.15) is 66.6 Å². The van der Waals surface area contributed by atoms with E-state index < -0.39 is 11.9 Å². The maximum absolute atomic E-state index is 14.5. The number of aryl methyl sites for hydroxylation is 6. The summed E-state index contributed by atoms with van der Waals surface area (Å²) in [6, 6.07) is 11.0. The zero-order valence-corrected chi connectivity index (χ0v) is 25.4. The predicted octanol–water partition coefficient (Wildman–Crippen LogP) is 8.30. The highest BCUT2D eigenvalue weighted by atomic mass is 19.1. The van der Waals surface area contributed by atoms with E-state index >= 15 is 0 Å². The maximum Gasteiger partial charge on any atom is 0.265 e. The molecule has 0 fully saturated rings. The minimum Gasteiger partial charge on any atom is -0.488 e. The van der Waals surface area contributed by atoms with E-state index in [4.69, 9.17) is 9.47 Å². The molecule has 39 heavy (non-hydrogen) atoms. The van der Waals surface area contributed by atoms with Crippen molar-refractivity contribution in [1.29, 1.82) is 0 Å². The fourth-order valence-electron chi connectivity index (χ4n) is 4.68. The van der Waals surface area contributed by atoms with E-state index in [2.05, 4.69) is 43.5 Å². The number of nitrogens with one attached hydrogen (secondary N) is 2. The second-order valence-electron chi connectivity index (χ2n) is 10.1. The molecule has 0 aliphatic rings. The summed E-state index contributed by atoms with van der Waals surface area (Å²) in [5.41, 5.74) is 9.15. The molecule has 5 nitrogen and oxygen atoms in total. The summed E-state index contributed by atoms with van der Waals surface area (Å²) in [5.74, 6) is -0.124. The summed E-state index contributed by atoms with van der Waals surface area (Å²) in [5, 5.41) is 6.41. The van der Waals surface area contributed by atoms with Crippen molar-refractivity contribution < 1.29 is 18.7 Å². The van der Waals surface area contributed by atoms with Gasteiger partial charge in [0.2, 0.25) is 0 Å². The molecule has 0 saturated carbocycles. The number of halogens is 1. The van der Waals surface area contributed by atoms with Crippen LogP contribution >= 0.6 is 0 Å². The quantitative estimate of drug-likeness (QED) is 0.289. The highest BCUT2D eigenvalue weighted by Crippen LogP contribution is 2.31. The average Bonchev–Trinajstić information content (AvgIpc) is 2.84. The van der Waals surface area contributed by atoms with Crippen molar-refractivity contribution in [3.05, 3.63) is 81.2 Å². The van der Waals surface area contributed by atoms with Gasteiger partial charge in [-0.15, -0.1) is 0 Å². The van der Waals surface area contributed by atoms with Crippen molar-refractivity contribution >= 4 is 17.3 Å². The molecule has 0 saturated heterocycles. The Hall–Kier alpha value is -3.54. The zero-order chi connectivity index (χ0) is 29.4. The third-order valence-electron chi connectivity index (χ3n) is 6.45. The Morgan fingerprint density at radius 1 is 0.744 bits per heavy atom. The van der Waals surface area contributed by atoms with Crippen LogP contribution < -0.4 is 20.1 Å². The molecule has 1 amide bonds. The topological polar surface area (TPSA) is 59.6 Å². The molecular formula is C33H45FN2O3. The van der Waals surface area contributed by atoms with E-state index in [0.717, 1.165) is 28.1 Å². The van der Waals surface area contributed by atoms with Gasteiger partial charge in [0.15, 0.2) is 6.10 Å². The Kier molecular flexibility index (Phi) is 11.4. The van der Waals surface area contributed by atoms with Crippen LogP contribution in [-0.2, 0) is 4.79 Å². The van der Waals surface area contributed by atoms with Gasteiger partial charge in [0.1, 0.15) is 23.4 Å². The molecular weight excluding hydrogens is 491 g/mol. The highest BCUT2D eigenvalue weighted by Gasteiger charge is 2.20. The fraction of sp³-hybridized carbons (Fsp3) is 0.424. The van der Waals surface area contributed by atoms with Crippen LogP contribution in [-0.4, -0.2) is 24.7 Å². The Morgan fingerprint density at radius 2 is 1.18 bits per heavy atom. The van der Waals surface area contributed by atoms with E-state index in [9.17, 15) is 9.18 Å². The number of benzene rings is 3. The molecule has 0 heterocycles. The first-order chi connectivity index (χ1) is 18.3. The summed E-state index contributed by atoms with van der Waals surface area (Å²) >= 11 is 0. The molecule has 0 bridgehead atoms. The largest absolute Gasteiger partial charge is 0.488 e. The van der Waals surface area contributed by atoms with E-state index in [1.807, 2.05) is 53.7 Å². The lowest BCUT2D eigenvalue weighted by Crippen LogP contribution is -2.31. The van der Waals surface area contributed by atoms with Gasteiger partial charge in [0.25, 0.3) is 5.91 Å². The van der Waals surface area contributed by atoms with Crippen LogP contribution in [0.2, 0.25) is 0 Å². The van der Waals surface area contributed by atoms with Gasteiger partial charge in [-0.2, -0.15) is 0 Å². The monoisotopic (exact) mass is 536 g/mol. The molecule has 2 N–H and O–H groups in total. The van der Waals surface area contributed by atoms with Gasteiger partial charge in [-0.05, 0) is 84.6 Å². The molecule has 6 heteroatoms. The summed E-state index contributed by atoms with van der Waals surface area (Å²) in [7, 11) is 0. The van der Waals surface area contributed by atoms with Crippen molar-refractivity contribution in [2.45, 2.75) is 88.4 Å². The Labute approximate surface area is 234 Å². The number of amides is 1. The van der Waals surface area contributed by atoms with Crippen molar-refractivity contribution in [1.82, 2.24) is 0 Å². The van der Waals surface area contributed by atoms with Crippen molar-refractivity contribution in [2.75, 3.05) is 17.2 Å². The van der Waals surface area contributed by atoms with E-state index in [1.54, 1.807) is 13.8 Å². The number of rotatable bonds is 9. The van der Waals surface area contributed by atoms with Crippen molar-refractivity contribution in [2.24, 2.45) is 0 Å². The maximum atomic E-state index is 14.5. The Balaban J connectivity index is 0.00000260. The van der Waals surface area contributed by atoms with E-state index in [0.29, 0.717) is 17.9 Å². The SMILES string of the molecule is CC.Cc1cc(C)c(NCC(C)Oc2cc(F)cc(O[C@H](C)C(=O)Nc3c(C)cc(C)cc3C)c2C)c(C)c1. The molecule has 0 aliphatic heterocycles. The smallest absolute Gasteiger partial charge is 0.265 e. The van der Waals surface area contributed by atoms with E-state index in [1.165, 1.54) is 28.8 Å². The molecule has 0 aliphatic carbocycles. The van der Waals surface area contributed by atoms with Crippen LogP contribution in [0.5, 0.6) is 11.5 Å². The first-order valence-corrected chi connectivity index (χ1v) is 13.7.